The normalized spacial score (nSPS) is 12.8. The van der Waals surface area contributed by atoms with Crippen molar-refractivity contribution in [1.82, 2.24) is 5.32 Å². The van der Waals surface area contributed by atoms with Gasteiger partial charge in [-0.25, -0.2) is 13.2 Å². The van der Waals surface area contributed by atoms with Gasteiger partial charge < -0.3 is 10.6 Å². The monoisotopic (exact) mass is 348 g/mol. The highest BCUT2D eigenvalue weighted by molar-refractivity contribution is 9.10. The molecule has 0 aromatic heterocycles. The third-order valence-electron chi connectivity index (χ3n) is 2.37. The fraction of sp³-hybridized carbons (Fsp3) is 0.417. The summed E-state index contributed by atoms with van der Waals surface area (Å²) in [5.74, 6) is -0.0879. The standard InChI is InChI=1S/C12H17BrN2O3S/c1-8-5-4-6-10(11(8)13)15-12(16)14-9(2)7-19(3,17)18/h4-6,9H,7H2,1-3H3,(H2,14,15,16)/t9-/m0/s1. The number of aryl methyl sites for hydroxylation is 1. The van der Waals surface area contributed by atoms with Gasteiger partial charge in [0.25, 0.3) is 0 Å². The van der Waals surface area contributed by atoms with Gasteiger partial charge >= 0.3 is 6.03 Å². The molecule has 0 aliphatic carbocycles. The number of nitrogens with one attached hydrogen (secondary N) is 2. The average molecular weight is 349 g/mol. The maximum atomic E-state index is 11.7. The van der Waals surface area contributed by atoms with E-state index in [0.717, 1.165) is 16.3 Å². The molecular formula is C12H17BrN2O3S. The molecule has 5 nitrogen and oxygen atoms in total. The summed E-state index contributed by atoms with van der Waals surface area (Å²) in [5, 5.41) is 5.26. The zero-order valence-electron chi connectivity index (χ0n) is 11.0. The summed E-state index contributed by atoms with van der Waals surface area (Å²) in [5.41, 5.74) is 1.64. The van der Waals surface area contributed by atoms with Crippen LogP contribution >= 0.6 is 15.9 Å². The fourth-order valence-electron chi connectivity index (χ4n) is 1.62. The Balaban J connectivity index is 2.63. The topological polar surface area (TPSA) is 75.3 Å². The van der Waals surface area contributed by atoms with Crippen LogP contribution < -0.4 is 10.6 Å². The molecule has 0 radical (unpaired) electrons. The van der Waals surface area contributed by atoms with Crippen LogP contribution in [0.1, 0.15) is 12.5 Å². The molecule has 0 unspecified atom stereocenters. The van der Waals surface area contributed by atoms with E-state index >= 15 is 0 Å². The predicted octanol–water partition coefficient (Wildman–Crippen LogP) is 2.31. The summed E-state index contributed by atoms with van der Waals surface area (Å²) in [7, 11) is -3.11. The molecule has 0 saturated carbocycles. The van der Waals surface area contributed by atoms with E-state index in [9.17, 15) is 13.2 Å². The highest BCUT2D eigenvalue weighted by Crippen LogP contribution is 2.25. The minimum absolute atomic E-state index is 0.0879. The lowest BCUT2D eigenvalue weighted by Gasteiger charge is -2.14. The van der Waals surface area contributed by atoms with Crippen LogP contribution in [-0.2, 0) is 9.84 Å². The largest absolute Gasteiger partial charge is 0.334 e. The Morgan fingerprint density at radius 2 is 2.05 bits per heavy atom. The van der Waals surface area contributed by atoms with Crippen molar-refractivity contribution in [3.05, 3.63) is 28.2 Å². The van der Waals surface area contributed by atoms with E-state index in [1.165, 1.54) is 0 Å². The third kappa shape index (κ3) is 5.61. The van der Waals surface area contributed by atoms with Crippen LogP contribution in [0.15, 0.2) is 22.7 Å². The molecule has 0 spiro atoms. The Labute approximate surface area is 121 Å². The molecule has 0 heterocycles. The number of benzene rings is 1. The number of urea groups is 1. The van der Waals surface area contributed by atoms with Crippen molar-refractivity contribution in [3.63, 3.8) is 0 Å². The van der Waals surface area contributed by atoms with E-state index in [1.54, 1.807) is 13.0 Å². The number of hydrogen-bond acceptors (Lipinski definition) is 3. The summed E-state index contributed by atoms with van der Waals surface area (Å²) in [6, 6.07) is 4.63. The number of sulfone groups is 1. The van der Waals surface area contributed by atoms with Crippen LogP contribution in [0.5, 0.6) is 0 Å². The second kappa shape index (κ2) is 6.38. The molecule has 0 fully saturated rings. The molecule has 0 aliphatic rings. The molecule has 1 rings (SSSR count). The second-order valence-electron chi connectivity index (χ2n) is 4.53. The first-order valence-electron chi connectivity index (χ1n) is 5.69. The van der Waals surface area contributed by atoms with Crippen LogP contribution in [0.2, 0.25) is 0 Å². The summed E-state index contributed by atoms with van der Waals surface area (Å²) in [6.07, 6.45) is 1.14. The zero-order valence-corrected chi connectivity index (χ0v) is 13.4. The second-order valence-corrected chi connectivity index (χ2v) is 7.51. The van der Waals surface area contributed by atoms with Gasteiger partial charge in [-0.15, -0.1) is 0 Å². The van der Waals surface area contributed by atoms with Gasteiger partial charge in [0.15, 0.2) is 0 Å². The van der Waals surface area contributed by atoms with E-state index in [-0.39, 0.29) is 5.75 Å². The average Bonchev–Trinajstić information content (AvgIpc) is 2.21. The van der Waals surface area contributed by atoms with Crippen LogP contribution in [0, 0.1) is 6.92 Å². The van der Waals surface area contributed by atoms with Gasteiger partial charge in [0.1, 0.15) is 9.84 Å². The Morgan fingerprint density at radius 3 is 2.63 bits per heavy atom. The van der Waals surface area contributed by atoms with Crippen molar-refractivity contribution in [3.8, 4) is 0 Å². The quantitative estimate of drug-likeness (QED) is 0.876. The van der Waals surface area contributed by atoms with Crippen LogP contribution in [0.4, 0.5) is 10.5 Å². The van der Waals surface area contributed by atoms with Crippen molar-refractivity contribution >= 4 is 37.5 Å². The molecule has 0 saturated heterocycles. The number of carbonyl (C=O) groups is 1. The number of amides is 2. The SMILES string of the molecule is Cc1cccc(NC(=O)N[C@@H](C)CS(C)(=O)=O)c1Br. The van der Waals surface area contributed by atoms with Gasteiger partial charge in [-0.05, 0) is 41.4 Å². The Hall–Kier alpha value is -1.08. The van der Waals surface area contributed by atoms with Crippen LogP contribution in [0.25, 0.3) is 0 Å². The Bertz CT molecular complexity index is 572. The van der Waals surface area contributed by atoms with E-state index < -0.39 is 21.9 Å². The molecule has 2 amide bonds. The number of carbonyl (C=O) groups excluding carboxylic acids is 1. The van der Waals surface area contributed by atoms with Crippen LogP contribution in [0.3, 0.4) is 0 Å². The van der Waals surface area contributed by atoms with Crippen molar-refractivity contribution in [1.29, 1.82) is 0 Å². The maximum absolute atomic E-state index is 11.7. The van der Waals surface area contributed by atoms with Crippen molar-refractivity contribution in [2.75, 3.05) is 17.3 Å². The van der Waals surface area contributed by atoms with Crippen molar-refractivity contribution in [2.24, 2.45) is 0 Å². The van der Waals surface area contributed by atoms with Gasteiger partial charge in [-0.1, -0.05) is 12.1 Å². The minimum Gasteiger partial charge on any atom is -0.334 e. The fourth-order valence-corrected chi connectivity index (χ4v) is 2.98. The van der Waals surface area contributed by atoms with Gasteiger partial charge in [-0.3, -0.25) is 0 Å². The summed E-state index contributed by atoms with van der Waals surface area (Å²) < 4.78 is 23.0. The molecular weight excluding hydrogens is 332 g/mol. The number of halogens is 1. The van der Waals surface area contributed by atoms with E-state index in [0.29, 0.717) is 5.69 Å². The van der Waals surface area contributed by atoms with Gasteiger partial charge in [0.2, 0.25) is 0 Å². The first kappa shape index (κ1) is 16.0. The molecule has 106 valence electrons. The molecule has 0 aliphatic heterocycles. The van der Waals surface area contributed by atoms with E-state index in [4.69, 9.17) is 0 Å². The predicted molar refractivity (Wildman–Crippen MR) is 80.2 cm³/mol. The van der Waals surface area contributed by atoms with E-state index in [2.05, 4.69) is 26.6 Å². The highest BCUT2D eigenvalue weighted by Gasteiger charge is 2.14. The maximum Gasteiger partial charge on any atom is 0.319 e. The zero-order chi connectivity index (χ0) is 14.6. The van der Waals surface area contributed by atoms with Gasteiger partial charge in [0, 0.05) is 16.8 Å². The number of rotatable bonds is 4. The summed E-state index contributed by atoms with van der Waals surface area (Å²) >= 11 is 3.39. The summed E-state index contributed by atoms with van der Waals surface area (Å²) in [4.78, 5) is 11.7. The molecule has 1 aromatic rings. The number of hydrogen-bond donors (Lipinski definition) is 2. The molecule has 1 atom stereocenters. The molecule has 2 N–H and O–H groups in total. The molecule has 0 bridgehead atoms. The van der Waals surface area contributed by atoms with Gasteiger partial charge in [0.05, 0.1) is 11.4 Å². The summed E-state index contributed by atoms with van der Waals surface area (Å²) in [6.45, 7) is 3.56. The third-order valence-corrected chi connectivity index (χ3v) is 4.53. The minimum atomic E-state index is -3.11. The molecule has 19 heavy (non-hydrogen) atoms. The lowest BCUT2D eigenvalue weighted by Crippen LogP contribution is -2.40. The Morgan fingerprint density at radius 1 is 1.42 bits per heavy atom. The lowest BCUT2D eigenvalue weighted by atomic mass is 10.2. The van der Waals surface area contributed by atoms with Crippen molar-refractivity contribution < 1.29 is 13.2 Å². The lowest BCUT2D eigenvalue weighted by molar-refractivity contribution is 0.250. The first-order chi connectivity index (χ1) is 8.69. The Kier molecular flexibility index (Phi) is 5.37. The van der Waals surface area contributed by atoms with Crippen LogP contribution in [-0.4, -0.2) is 32.5 Å². The van der Waals surface area contributed by atoms with E-state index in [1.807, 2.05) is 19.1 Å². The highest BCUT2D eigenvalue weighted by atomic mass is 79.9. The van der Waals surface area contributed by atoms with Crippen molar-refractivity contribution in [2.45, 2.75) is 19.9 Å². The van der Waals surface area contributed by atoms with Gasteiger partial charge in [-0.2, -0.15) is 0 Å². The molecule has 1 aromatic carbocycles. The smallest absolute Gasteiger partial charge is 0.319 e. The first-order valence-corrected chi connectivity index (χ1v) is 8.55. The molecule has 7 heteroatoms. The number of anilines is 1.